The molecule has 2 fully saturated rings. The highest BCUT2D eigenvalue weighted by Gasteiger charge is 2.43. The van der Waals surface area contributed by atoms with Gasteiger partial charge in [-0.15, -0.1) is 0 Å². The van der Waals surface area contributed by atoms with Crippen LogP contribution >= 0.6 is 12.2 Å². The molecule has 5 nitrogen and oxygen atoms in total. The Labute approximate surface area is 98.4 Å². The molecule has 2 aliphatic rings. The van der Waals surface area contributed by atoms with Crippen LogP contribution in [0.4, 0.5) is 5.82 Å². The molecule has 1 aromatic rings. The Hall–Kier alpha value is -0.980. The van der Waals surface area contributed by atoms with E-state index >= 15 is 0 Å². The van der Waals surface area contributed by atoms with E-state index in [1.165, 1.54) is 0 Å². The van der Waals surface area contributed by atoms with Crippen molar-refractivity contribution in [2.75, 3.05) is 19.0 Å². The van der Waals surface area contributed by atoms with Crippen molar-refractivity contribution in [2.24, 2.45) is 0 Å². The van der Waals surface area contributed by atoms with E-state index in [9.17, 15) is 0 Å². The summed E-state index contributed by atoms with van der Waals surface area (Å²) in [4.78, 5) is 4.25. The van der Waals surface area contributed by atoms with E-state index < -0.39 is 0 Å². The molecule has 0 aliphatic carbocycles. The first kappa shape index (κ1) is 10.2. The number of fused-ring (bicyclic) bond motifs is 1. The van der Waals surface area contributed by atoms with Crippen LogP contribution in [0.3, 0.4) is 0 Å². The van der Waals surface area contributed by atoms with E-state index in [0.717, 1.165) is 12.2 Å². The van der Waals surface area contributed by atoms with Gasteiger partial charge in [0.1, 0.15) is 18.1 Å². The van der Waals surface area contributed by atoms with Crippen molar-refractivity contribution in [2.45, 2.75) is 24.9 Å². The van der Waals surface area contributed by atoms with Gasteiger partial charge in [0.2, 0.25) is 4.77 Å². The largest absolute Gasteiger partial charge is 0.373 e. The summed E-state index contributed by atoms with van der Waals surface area (Å²) in [6.07, 6.45) is 3.24. The van der Waals surface area contributed by atoms with Gasteiger partial charge in [0.25, 0.3) is 0 Å². The predicted molar refractivity (Wildman–Crippen MR) is 60.9 cm³/mol. The molecule has 0 unspecified atom stereocenters. The molecule has 0 saturated carbocycles. The smallest absolute Gasteiger partial charge is 0.203 e. The van der Waals surface area contributed by atoms with Gasteiger partial charge >= 0.3 is 0 Å². The van der Waals surface area contributed by atoms with Gasteiger partial charge in [-0.1, -0.05) is 0 Å². The Balaban J connectivity index is 1.86. The normalized spacial score (nSPS) is 31.9. The SMILES string of the molecule is CNc1ccn([C@H]2C[C@H]3OC[C@H]3O2)c(=S)n1. The summed E-state index contributed by atoms with van der Waals surface area (Å²) in [6, 6.07) is 1.89. The molecule has 16 heavy (non-hydrogen) atoms. The summed E-state index contributed by atoms with van der Waals surface area (Å²) in [7, 11) is 1.82. The summed E-state index contributed by atoms with van der Waals surface area (Å²) < 4.78 is 13.6. The zero-order valence-electron chi connectivity index (χ0n) is 8.92. The molecular formula is C10H13N3O2S. The molecule has 3 heterocycles. The van der Waals surface area contributed by atoms with Gasteiger partial charge in [-0.05, 0) is 18.3 Å². The second-order valence-electron chi connectivity index (χ2n) is 3.99. The lowest BCUT2D eigenvalue weighted by Crippen LogP contribution is -2.40. The molecule has 0 bridgehead atoms. The lowest BCUT2D eigenvalue weighted by atomic mass is 10.1. The number of nitrogens with zero attached hydrogens (tertiary/aromatic N) is 2. The Bertz CT molecular complexity index is 450. The fourth-order valence-corrected chi connectivity index (χ4v) is 2.34. The molecule has 3 rings (SSSR count). The first-order valence-corrected chi connectivity index (χ1v) is 5.73. The number of ether oxygens (including phenoxy) is 2. The quantitative estimate of drug-likeness (QED) is 0.789. The highest BCUT2D eigenvalue weighted by Crippen LogP contribution is 2.36. The van der Waals surface area contributed by atoms with Crippen molar-refractivity contribution < 1.29 is 9.47 Å². The molecule has 2 saturated heterocycles. The van der Waals surface area contributed by atoms with Crippen LogP contribution in [0.25, 0.3) is 0 Å². The third-order valence-electron chi connectivity index (χ3n) is 3.05. The molecule has 86 valence electrons. The minimum atomic E-state index is -0.0246. The van der Waals surface area contributed by atoms with Gasteiger partial charge in [0.05, 0.1) is 12.7 Å². The first-order valence-electron chi connectivity index (χ1n) is 5.32. The maximum absolute atomic E-state index is 5.81. The number of hydrogen-bond donors (Lipinski definition) is 1. The average molecular weight is 239 g/mol. The fraction of sp³-hybridized carbons (Fsp3) is 0.600. The molecule has 6 heteroatoms. The lowest BCUT2D eigenvalue weighted by molar-refractivity contribution is -0.149. The van der Waals surface area contributed by atoms with E-state index in [4.69, 9.17) is 21.7 Å². The molecule has 0 amide bonds. The van der Waals surface area contributed by atoms with Crippen LogP contribution in [0, 0.1) is 4.77 Å². The van der Waals surface area contributed by atoms with Gasteiger partial charge in [0, 0.05) is 19.7 Å². The van der Waals surface area contributed by atoms with Crippen LogP contribution in [-0.2, 0) is 9.47 Å². The molecule has 0 aromatic carbocycles. The second kappa shape index (κ2) is 3.80. The van der Waals surface area contributed by atoms with Crippen LogP contribution in [0.2, 0.25) is 0 Å². The Morgan fingerprint density at radius 2 is 2.44 bits per heavy atom. The number of hydrogen-bond acceptors (Lipinski definition) is 5. The number of anilines is 1. The molecule has 0 spiro atoms. The monoisotopic (exact) mass is 239 g/mol. The van der Waals surface area contributed by atoms with Crippen LogP contribution in [0.5, 0.6) is 0 Å². The number of rotatable bonds is 2. The highest BCUT2D eigenvalue weighted by molar-refractivity contribution is 7.71. The van der Waals surface area contributed by atoms with E-state index in [2.05, 4.69) is 10.3 Å². The summed E-state index contributed by atoms with van der Waals surface area (Å²) in [5.41, 5.74) is 0. The van der Waals surface area contributed by atoms with Crippen molar-refractivity contribution in [3.8, 4) is 0 Å². The molecule has 2 aliphatic heterocycles. The van der Waals surface area contributed by atoms with Gasteiger partial charge in [-0.3, -0.25) is 4.57 Å². The highest BCUT2D eigenvalue weighted by atomic mass is 32.1. The van der Waals surface area contributed by atoms with E-state index in [1.807, 2.05) is 23.9 Å². The van der Waals surface area contributed by atoms with Gasteiger partial charge in [0.15, 0.2) is 0 Å². The molecule has 3 atom stereocenters. The van der Waals surface area contributed by atoms with Crippen LogP contribution in [0.15, 0.2) is 12.3 Å². The van der Waals surface area contributed by atoms with E-state index in [-0.39, 0.29) is 18.4 Å². The standard InChI is InChI=1S/C10H13N3O2S/c1-11-8-2-3-13(10(16)12-8)9-4-6-7(15-9)5-14-6/h2-3,6-7,9H,4-5H2,1H3,(H,11,12,16)/t6-,7-,9-/m1/s1. The summed E-state index contributed by atoms with van der Waals surface area (Å²) >= 11 is 5.23. The summed E-state index contributed by atoms with van der Waals surface area (Å²) in [5, 5.41) is 2.96. The maximum Gasteiger partial charge on any atom is 0.203 e. The first-order chi connectivity index (χ1) is 7.78. The van der Waals surface area contributed by atoms with Crippen LogP contribution < -0.4 is 5.32 Å². The van der Waals surface area contributed by atoms with Crippen molar-refractivity contribution in [3.63, 3.8) is 0 Å². The van der Waals surface area contributed by atoms with E-state index in [0.29, 0.717) is 11.4 Å². The molecule has 0 radical (unpaired) electrons. The van der Waals surface area contributed by atoms with Crippen LogP contribution in [-0.4, -0.2) is 35.4 Å². The van der Waals surface area contributed by atoms with Gasteiger partial charge in [-0.2, -0.15) is 0 Å². The summed E-state index contributed by atoms with van der Waals surface area (Å²) in [6.45, 7) is 0.705. The molecular weight excluding hydrogens is 226 g/mol. The molecule has 1 N–H and O–H groups in total. The fourth-order valence-electron chi connectivity index (χ4n) is 2.06. The minimum Gasteiger partial charge on any atom is -0.373 e. The van der Waals surface area contributed by atoms with E-state index in [1.54, 1.807) is 0 Å². The van der Waals surface area contributed by atoms with Crippen molar-refractivity contribution in [3.05, 3.63) is 17.0 Å². The van der Waals surface area contributed by atoms with Gasteiger partial charge < -0.3 is 14.8 Å². The third kappa shape index (κ3) is 1.53. The summed E-state index contributed by atoms with van der Waals surface area (Å²) in [5.74, 6) is 0.776. The van der Waals surface area contributed by atoms with Crippen molar-refractivity contribution in [1.29, 1.82) is 0 Å². The zero-order chi connectivity index (χ0) is 11.1. The van der Waals surface area contributed by atoms with Crippen molar-refractivity contribution >= 4 is 18.0 Å². The minimum absolute atomic E-state index is 0.0246. The van der Waals surface area contributed by atoms with Crippen molar-refractivity contribution in [1.82, 2.24) is 9.55 Å². The zero-order valence-corrected chi connectivity index (χ0v) is 9.74. The van der Waals surface area contributed by atoms with Gasteiger partial charge in [-0.25, -0.2) is 4.98 Å². The number of nitrogens with one attached hydrogen (secondary N) is 1. The average Bonchev–Trinajstić information content (AvgIpc) is 2.55. The lowest BCUT2D eigenvalue weighted by Gasteiger charge is -2.28. The Morgan fingerprint density at radius 3 is 2.94 bits per heavy atom. The van der Waals surface area contributed by atoms with Crippen LogP contribution in [0.1, 0.15) is 12.6 Å². The predicted octanol–water partition coefficient (Wildman–Crippen LogP) is 1.34. The molecule has 1 aromatic heterocycles. The maximum atomic E-state index is 5.81. The Kier molecular flexibility index (Phi) is 2.42. The third-order valence-corrected chi connectivity index (χ3v) is 3.35. The number of aromatic nitrogens is 2. The Morgan fingerprint density at radius 1 is 1.56 bits per heavy atom. The topological polar surface area (TPSA) is 48.3 Å². The second-order valence-corrected chi connectivity index (χ2v) is 4.35.